The van der Waals surface area contributed by atoms with Crippen LogP contribution in [0.1, 0.15) is 127 Å². The Labute approximate surface area is 578 Å². The SMILES string of the molecule is CCCCC1(CCCC)c2ccccc2-c2ccc(-c3cnn(-c4[c-]cccc4)c3)cc21.CCCCC1(CCCC)c2ccccc2-c2ccc(-c3cnn(-c4[c-]cccc4)c3)cc21.Fc1c[c-]c(-c2ccccn2)c(F)c1.Fc1c[c-]c(-c2ccccn2)c(F)c1.[Ir].[Ir]. The van der Waals surface area contributed by atoms with Crippen molar-refractivity contribution in [1.82, 2.24) is 29.5 Å². The third-order valence-corrected chi connectivity index (χ3v) is 17.6. The molecule has 0 unspecified atom stereocenters. The van der Waals surface area contributed by atoms with Gasteiger partial charge in [0.25, 0.3) is 0 Å². The van der Waals surface area contributed by atoms with Crippen molar-refractivity contribution in [3.05, 3.63) is 301 Å². The number of hydrogen-bond donors (Lipinski definition) is 0. The van der Waals surface area contributed by atoms with Gasteiger partial charge in [-0.25, -0.2) is 0 Å². The molecule has 0 bridgehead atoms. The van der Waals surface area contributed by atoms with E-state index < -0.39 is 23.3 Å². The molecule has 0 N–H and O–H groups in total. The number of aromatic nitrogens is 6. The van der Waals surface area contributed by atoms with E-state index in [1.807, 2.05) is 70.3 Å². The molecular weight excluding hydrogens is 1530 g/mol. The van der Waals surface area contributed by atoms with Gasteiger partial charge in [0.05, 0.1) is 12.4 Å². The Hall–Kier alpha value is -8.50. The largest absolute Gasteiger partial charge is 0.305 e. The van der Waals surface area contributed by atoms with E-state index in [0.717, 1.165) is 46.8 Å². The van der Waals surface area contributed by atoms with E-state index in [4.69, 9.17) is 0 Å². The summed E-state index contributed by atoms with van der Waals surface area (Å²) < 4.78 is 55.4. The van der Waals surface area contributed by atoms with Crippen LogP contribution in [0.15, 0.2) is 231 Å². The van der Waals surface area contributed by atoms with E-state index in [9.17, 15) is 17.6 Å². The van der Waals surface area contributed by atoms with Crippen molar-refractivity contribution in [3.63, 3.8) is 0 Å². The Kier molecular flexibility index (Phi) is 24.6. The summed E-state index contributed by atoms with van der Waals surface area (Å²) in [5.74, 6) is -2.57. The summed E-state index contributed by atoms with van der Waals surface area (Å²) >= 11 is 0. The van der Waals surface area contributed by atoms with Crippen LogP contribution in [-0.4, -0.2) is 29.5 Å². The van der Waals surface area contributed by atoms with E-state index in [2.05, 4.69) is 169 Å². The molecule has 0 saturated heterocycles. The molecule has 0 amide bonds. The molecular formula is C82H74F4Ir2N6-4. The second kappa shape index (κ2) is 33.1. The standard InChI is InChI=1S/2C30H31N2.2C11H6F2N.2Ir/c2*1-3-5-18-30(19-6-4-2)28-15-11-10-14-26(28)27-17-16-23(20-29(27)30)24-21-31-32(22-24)25-12-8-7-9-13-25;2*12-8-4-5-9(10(13)7-8)11-3-1-2-6-14-11;;/h2*7-12,14-17,20-22H,3-6,18-19H2,1-2H3;2*1-4,6-7H;;/q4*-1;;. The Morgan fingerprint density at radius 3 is 1.11 bits per heavy atom. The molecule has 2 radical (unpaired) electrons. The van der Waals surface area contributed by atoms with E-state index in [1.165, 1.54) is 133 Å². The zero-order valence-corrected chi connectivity index (χ0v) is 58.1. The topological polar surface area (TPSA) is 61.4 Å². The fourth-order valence-corrected chi connectivity index (χ4v) is 13.1. The van der Waals surface area contributed by atoms with Crippen molar-refractivity contribution in [3.8, 4) is 78.4 Å². The van der Waals surface area contributed by atoms with Crippen LogP contribution < -0.4 is 0 Å². The first-order valence-corrected chi connectivity index (χ1v) is 32.2. The molecule has 12 aromatic rings. The van der Waals surface area contributed by atoms with E-state index in [-0.39, 0.29) is 62.2 Å². The van der Waals surface area contributed by atoms with Crippen LogP contribution in [-0.2, 0) is 51.0 Å². The van der Waals surface area contributed by atoms with Crippen LogP contribution in [0.3, 0.4) is 0 Å². The fourth-order valence-electron chi connectivity index (χ4n) is 13.1. The maximum Gasteiger partial charge on any atom is 0.0571 e. The predicted octanol–water partition coefficient (Wildman–Crippen LogP) is 21.6. The number of para-hydroxylation sites is 2. The van der Waals surface area contributed by atoms with Gasteiger partial charge in [-0.05, 0) is 128 Å². The third-order valence-electron chi connectivity index (χ3n) is 17.6. The van der Waals surface area contributed by atoms with Gasteiger partial charge in [-0.3, -0.25) is 26.9 Å². The van der Waals surface area contributed by atoms with Crippen LogP contribution in [0, 0.1) is 47.5 Å². The van der Waals surface area contributed by atoms with Gasteiger partial charge < -0.3 is 9.97 Å². The fraction of sp³-hybridized carbons (Fsp3) is 0.220. The molecule has 14 rings (SSSR count). The molecule has 2 aliphatic carbocycles. The molecule has 12 heteroatoms. The normalized spacial score (nSPS) is 12.3. The van der Waals surface area contributed by atoms with Crippen molar-refractivity contribution in [1.29, 1.82) is 0 Å². The van der Waals surface area contributed by atoms with Gasteiger partial charge in [0, 0.05) is 110 Å². The number of rotatable bonds is 18. The van der Waals surface area contributed by atoms with Crippen LogP contribution in [0.25, 0.3) is 78.4 Å². The van der Waals surface area contributed by atoms with E-state index in [0.29, 0.717) is 11.4 Å². The van der Waals surface area contributed by atoms with Crippen molar-refractivity contribution < 1.29 is 57.8 Å². The molecule has 0 aliphatic heterocycles. The molecule has 0 fully saturated rings. The molecule has 0 saturated carbocycles. The van der Waals surface area contributed by atoms with E-state index in [1.54, 1.807) is 48.8 Å². The minimum atomic E-state index is -0.649. The second-order valence-corrected chi connectivity index (χ2v) is 23.5. The van der Waals surface area contributed by atoms with Crippen molar-refractivity contribution in [2.45, 2.75) is 116 Å². The van der Waals surface area contributed by atoms with Gasteiger partial charge in [0.2, 0.25) is 0 Å². The number of unbranched alkanes of at least 4 members (excludes halogenated alkanes) is 4. The first-order chi connectivity index (χ1) is 45.1. The summed E-state index contributed by atoms with van der Waals surface area (Å²) in [4.78, 5) is 7.89. The van der Waals surface area contributed by atoms with Crippen LogP contribution in [0.4, 0.5) is 17.6 Å². The number of nitrogens with zero attached hydrogens (tertiary/aromatic N) is 6. The molecule has 8 aromatic carbocycles. The summed E-state index contributed by atoms with van der Waals surface area (Å²) in [6.07, 6.45) is 26.1. The predicted molar refractivity (Wildman–Crippen MR) is 363 cm³/mol. The quantitative estimate of drug-likeness (QED) is 0.0634. The minimum Gasteiger partial charge on any atom is -0.305 e. The maximum atomic E-state index is 13.2. The smallest absolute Gasteiger partial charge is 0.0571 e. The maximum absolute atomic E-state index is 13.2. The van der Waals surface area contributed by atoms with Crippen molar-refractivity contribution >= 4 is 0 Å². The summed E-state index contributed by atoms with van der Waals surface area (Å²) in [6.45, 7) is 9.23. The Bertz CT molecular complexity index is 4070. The first-order valence-electron chi connectivity index (χ1n) is 32.2. The molecule has 4 heterocycles. The first kappa shape index (κ1) is 69.8. The minimum absolute atomic E-state index is 0. The van der Waals surface area contributed by atoms with Crippen LogP contribution in [0.5, 0.6) is 0 Å². The zero-order chi connectivity index (χ0) is 63.9. The number of pyridine rings is 2. The molecule has 2 aliphatic rings. The average Bonchev–Trinajstić information content (AvgIpc) is 1.57. The Balaban J connectivity index is 0.000000157. The van der Waals surface area contributed by atoms with Gasteiger partial charge in [-0.2, -0.15) is 58.7 Å². The molecule has 0 atom stereocenters. The number of fused-ring (bicyclic) bond motifs is 6. The number of benzene rings is 8. The zero-order valence-electron chi connectivity index (χ0n) is 53.3. The van der Waals surface area contributed by atoms with Crippen molar-refractivity contribution in [2.75, 3.05) is 0 Å². The van der Waals surface area contributed by atoms with Crippen LogP contribution >= 0.6 is 0 Å². The molecule has 482 valence electrons. The van der Waals surface area contributed by atoms with Gasteiger partial charge in [0.15, 0.2) is 0 Å². The molecule has 0 spiro atoms. The molecule has 4 aromatic heterocycles. The van der Waals surface area contributed by atoms with Crippen LogP contribution in [0.2, 0.25) is 0 Å². The van der Waals surface area contributed by atoms with Gasteiger partial charge in [-0.1, -0.05) is 199 Å². The molecule has 6 nitrogen and oxygen atoms in total. The van der Waals surface area contributed by atoms with Gasteiger partial charge in [0.1, 0.15) is 0 Å². The number of halogens is 4. The summed E-state index contributed by atoms with van der Waals surface area (Å²) in [7, 11) is 0. The van der Waals surface area contributed by atoms with E-state index >= 15 is 0 Å². The number of hydrogen-bond acceptors (Lipinski definition) is 4. The van der Waals surface area contributed by atoms with Gasteiger partial charge in [-0.15, -0.1) is 36.4 Å². The average molecular weight is 1600 g/mol. The Morgan fingerprint density at radius 2 is 0.755 bits per heavy atom. The summed E-state index contributed by atoms with van der Waals surface area (Å²) in [5, 5.41) is 9.23. The second-order valence-electron chi connectivity index (χ2n) is 23.5. The Morgan fingerprint density at radius 1 is 0.383 bits per heavy atom. The summed E-state index contributed by atoms with van der Waals surface area (Å²) in [5.41, 5.74) is 20.0. The third kappa shape index (κ3) is 15.5. The molecule has 94 heavy (non-hydrogen) atoms. The monoisotopic (exact) mass is 1600 g/mol. The summed E-state index contributed by atoms with van der Waals surface area (Å²) in [6, 6.07) is 73.9. The van der Waals surface area contributed by atoms with Gasteiger partial charge >= 0.3 is 0 Å². The van der Waals surface area contributed by atoms with Crippen molar-refractivity contribution in [2.24, 2.45) is 0 Å².